The zero-order chi connectivity index (χ0) is 9.84. The van der Waals surface area contributed by atoms with Crippen LogP contribution in [0, 0.1) is 11.6 Å². The van der Waals surface area contributed by atoms with Crippen molar-refractivity contribution in [3.8, 4) is 5.75 Å². The number of nitrogens with one attached hydrogen (secondary N) is 1. The van der Waals surface area contributed by atoms with Crippen molar-refractivity contribution < 1.29 is 13.5 Å². The molecule has 2 nitrogen and oxygen atoms in total. The van der Waals surface area contributed by atoms with E-state index in [2.05, 4.69) is 10.1 Å². The molecule has 1 aromatic carbocycles. The van der Waals surface area contributed by atoms with E-state index in [0.717, 1.165) is 0 Å². The average molecular weight is 224 g/mol. The third kappa shape index (κ3) is 2.48. The minimum atomic E-state index is -0.957. The van der Waals surface area contributed by atoms with E-state index in [4.69, 9.17) is 0 Å². The predicted octanol–water partition coefficient (Wildman–Crippen LogP) is 2.83. The molecule has 0 fully saturated rings. The number of hydrogen-bond acceptors (Lipinski definition) is 2. The SMILES string of the molecule is CCNc1ccc(OC)c(F)c1F.Cl. The molecule has 0 radical (unpaired) electrons. The third-order valence-corrected chi connectivity index (χ3v) is 1.63. The van der Waals surface area contributed by atoms with Gasteiger partial charge in [0.2, 0.25) is 5.82 Å². The van der Waals surface area contributed by atoms with Crippen LogP contribution < -0.4 is 10.1 Å². The summed E-state index contributed by atoms with van der Waals surface area (Å²) in [4.78, 5) is 0. The van der Waals surface area contributed by atoms with Gasteiger partial charge in [-0.2, -0.15) is 4.39 Å². The molecule has 0 heterocycles. The first-order valence-corrected chi connectivity index (χ1v) is 3.96. The van der Waals surface area contributed by atoms with Crippen LogP contribution in [0.3, 0.4) is 0 Å². The van der Waals surface area contributed by atoms with Gasteiger partial charge in [-0.3, -0.25) is 0 Å². The summed E-state index contributed by atoms with van der Waals surface area (Å²) in [6, 6.07) is 2.83. The molecule has 0 spiro atoms. The van der Waals surface area contributed by atoms with Crippen molar-refractivity contribution in [3.63, 3.8) is 0 Å². The lowest BCUT2D eigenvalue weighted by atomic mass is 10.2. The highest BCUT2D eigenvalue weighted by Gasteiger charge is 2.12. The van der Waals surface area contributed by atoms with E-state index < -0.39 is 11.6 Å². The lowest BCUT2D eigenvalue weighted by Gasteiger charge is -2.07. The Morgan fingerprint density at radius 1 is 1.29 bits per heavy atom. The molecule has 5 heteroatoms. The summed E-state index contributed by atoms with van der Waals surface area (Å²) in [5.74, 6) is -1.94. The highest BCUT2D eigenvalue weighted by atomic mass is 35.5. The zero-order valence-corrected chi connectivity index (χ0v) is 8.75. The van der Waals surface area contributed by atoms with Crippen molar-refractivity contribution in [2.75, 3.05) is 19.0 Å². The fourth-order valence-electron chi connectivity index (χ4n) is 1.02. The Morgan fingerprint density at radius 3 is 2.43 bits per heavy atom. The summed E-state index contributed by atoms with van der Waals surface area (Å²) < 4.78 is 30.8. The number of halogens is 3. The average Bonchev–Trinajstić information content (AvgIpc) is 2.14. The Labute approximate surface area is 87.7 Å². The van der Waals surface area contributed by atoms with E-state index >= 15 is 0 Å². The van der Waals surface area contributed by atoms with Crippen LogP contribution in [-0.4, -0.2) is 13.7 Å². The second-order valence-corrected chi connectivity index (χ2v) is 2.47. The molecule has 1 rings (SSSR count). The number of ether oxygens (including phenoxy) is 1. The maximum Gasteiger partial charge on any atom is 0.202 e. The largest absolute Gasteiger partial charge is 0.494 e. The molecule has 0 amide bonds. The molecule has 0 aromatic heterocycles. The smallest absolute Gasteiger partial charge is 0.202 e. The lowest BCUT2D eigenvalue weighted by Crippen LogP contribution is -2.02. The number of rotatable bonds is 3. The standard InChI is InChI=1S/C9H11F2NO.ClH/c1-3-12-6-4-5-7(13-2)9(11)8(6)10;/h4-5,12H,3H2,1-2H3;1H. The van der Waals surface area contributed by atoms with Gasteiger partial charge in [-0.15, -0.1) is 12.4 Å². The van der Waals surface area contributed by atoms with Crippen LogP contribution in [0.1, 0.15) is 6.92 Å². The molecule has 0 aliphatic carbocycles. The molecule has 1 N–H and O–H groups in total. The number of benzene rings is 1. The van der Waals surface area contributed by atoms with Gasteiger partial charge in [0.1, 0.15) is 0 Å². The molecular weight excluding hydrogens is 212 g/mol. The molecule has 0 aliphatic rings. The fraction of sp³-hybridized carbons (Fsp3) is 0.333. The van der Waals surface area contributed by atoms with Crippen molar-refractivity contribution in [3.05, 3.63) is 23.8 Å². The van der Waals surface area contributed by atoms with Crippen LogP contribution in [0.4, 0.5) is 14.5 Å². The quantitative estimate of drug-likeness (QED) is 0.851. The first-order chi connectivity index (χ1) is 6.20. The Balaban J connectivity index is 0.00000169. The fourth-order valence-corrected chi connectivity index (χ4v) is 1.02. The summed E-state index contributed by atoms with van der Waals surface area (Å²) >= 11 is 0. The highest BCUT2D eigenvalue weighted by molar-refractivity contribution is 5.85. The normalized spacial score (nSPS) is 9.14. The van der Waals surface area contributed by atoms with Crippen molar-refractivity contribution in [1.29, 1.82) is 0 Å². The van der Waals surface area contributed by atoms with Crippen LogP contribution in [0.15, 0.2) is 12.1 Å². The molecule has 0 saturated carbocycles. The summed E-state index contributed by atoms with van der Waals surface area (Å²) in [6.45, 7) is 2.35. The van der Waals surface area contributed by atoms with Crippen LogP contribution in [0.2, 0.25) is 0 Å². The lowest BCUT2D eigenvalue weighted by molar-refractivity contribution is 0.372. The predicted molar refractivity (Wildman–Crippen MR) is 54.3 cm³/mol. The summed E-state index contributed by atoms with van der Waals surface area (Å²) in [5, 5.41) is 2.70. The van der Waals surface area contributed by atoms with Crippen LogP contribution in [0.25, 0.3) is 0 Å². The molecule has 80 valence electrons. The van der Waals surface area contributed by atoms with Crippen LogP contribution in [-0.2, 0) is 0 Å². The Hall–Kier alpha value is -1.03. The van der Waals surface area contributed by atoms with E-state index in [0.29, 0.717) is 6.54 Å². The van der Waals surface area contributed by atoms with Gasteiger partial charge >= 0.3 is 0 Å². The zero-order valence-electron chi connectivity index (χ0n) is 7.93. The summed E-state index contributed by atoms with van der Waals surface area (Å²) in [5.41, 5.74) is 0.154. The molecule has 0 saturated heterocycles. The van der Waals surface area contributed by atoms with Crippen molar-refractivity contribution in [1.82, 2.24) is 0 Å². The van der Waals surface area contributed by atoms with Gasteiger partial charge in [0, 0.05) is 6.54 Å². The van der Waals surface area contributed by atoms with Gasteiger partial charge in [-0.25, -0.2) is 4.39 Å². The monoisotopic (exact) mass is 223 g/mol. The molecular formula is C9H12ClF2NO. The van der Waals surface area contributed by atoms with Crippen LogP contribution in [0.5, 0.6) is 5.75 Å². The molecule has 0 aliphatic heterocycles. The minimum absolute atomic E-state index is 0. The van der Waals surface area contributed by atoms with Gasteiger partial charge in [-0.1, -0.05) is 0 Å². The van der Waals surface area contributed by atoms with Crippen molar-refractivity contribution in [2.45, 2.75) is 6.92 Å². The second kappa shape index (κ2) is 5.65. The van der Waals surface area contributed by atoms with Crippen molar-refractivity contribution in [2.24, 2.45) is 0 Å². The van der Waals surface area contributed by atoms with Gasteiger partial charge < -0.3 is 10.1 Å². The Kier molecular flexibility index (Phi) is 5.23. The number of anilines is 1. The molecule has 1 aromatic rings. The second-order valence-electron chi connectivity index (χ2n) is 2.47. The highest BCUT2D eigenvalue weighted by Crippen LogP contribution is 2.25. The van der Waals surface area contributed by atoms with Gasteiger partial charge in [0.05, 0.1) is 12.8 Å². The van der Waals surface area contributed by atoms with Gasteiger partial charge in [0.25, 0.3) is 0 Å². The maximum atomic E-state index is 13.1. The van der Waals surface area contributed by atoms with Gasteiger partial charge in [-0.05, 0) is 19.1 Å². The summed E-state index contributed by atoms with van der Waals surface area (Å²) in [6.07, 6.45) is 0. The first kappa shape index (κ1) is 13.0. The van der Waals surface area contributed by atoms with E-state index in [1.54, 1.807) is 0 Å². The topological polar surface area (TPSA) is 21.3 Å². The maximum absolute atomic E-state index is 13.1. The number of hydrogen-bond donors (Lipinski definition) is 1. The van der Waals surface area contributed by atoms with Crippen molar-refractivity contribution >= 4 is 18.1 Å². The number of methoxy groups -OCH3 is 1. The molecule has 0 bridgehead atoms. The van der Waals surface area contributed by atoms with Gasteiger partial charge in [0.15, 0.2) is 11.6 Å². The Bertz CT molecular complexity index is 307. The molecule has 0 unspecified atom stereocenters. The van der Waals surface area contributed by atoms with E-state index in [-0.39, 0.29) is 23.8 Å². The van der Waals surface area contributed by atoms with E-state index in [1.165, 1.54) is 19.2 Å². The third-order valence-electron chi connectivity index (χ3n) is 1.63. The molecule has 14 heavy (non-hydrogen) atoms. The summed E-state index contributed by atoms with van der Waals surface area (Å²) in [7, 11) is 1.30. The Morgan fingerprint density at radius 2 is 1.93 bits per heavy atom. The van der Waals surface area contributed by atoms with E-state index in [9.17, 15) is 8.78 Å². The van der Waals surface area contributed by atoms with Crippen LogP contribution >= 0.6 is 12.4 Å². The minimum Gasteiger partial charge on any atom is -0.494 e. The molecule has 0 atom stereocenters. The first-order valence-electron chi connectivity index (χ1n) is 3.96. The van der Waals surface area contributed by atoms with E-state index in [1.807, 2.05) is 6.92 Å².